The summed E-state index contributed by atoms with van der Waals surface area (Å²) in [7, 11) is 1.59. The highest BCUT2D eigenvalue weighted by molar-refractivity contribution is 6.36. The molecule has 6 nitrogen and oxygen atoms in total. The van der Waals surface area contributed by atoms with Gasteiger partial charge in [-0.1, -0.05) is 39.0 Å². The van der Waals surface area contributed by atoms with Crippen LogP contribution >= 0.6 is 0 Å². The van der Waals surface area contributed by atoms with Gasteiger partial charge in [-0.05, 0) is 18.5 Å². The molecule has 3 rings (SSSR count). The number of carbonyl (C=O) groups excluding carboxylic acids is 2. The quantitative estimate of drug-likeness (QED) is 0.717. The molecule has 2 aliphatic rings. The van der Waals surface area contributed by atoms with Gasteiger partial charge in [0.05, 0.1) is 12.7 Å². The number of piperazine rings is 1. The zero-order chi connectivity index (χ0) is 19.6. The number of rotatable bonds is 6. The Morgan fingerprint density at radius 1 is 1.04 bits per heavy atom. The van der Waals surface area contributed by atoms with E-state index in [1.807, 2.05) is 38.1 Å². The lowest BCUT2D eigenvalue weighted by atomic mass is 10.0. The summed E-state index contributed by atoms with van der Waals surface area (Å²) in [6.07, 6.45) is 0. The normalized spacial score (nSPS) is 18.9. The number of nitrogens with zero attached hydrogens (tertiary/aromatic N) is 3. The number of likely N-dealkylation sites (N-methyl/N-ethyl adjacent to an activating group) is 1. The van der Waals surface area contributed by atoms with Crippen LogP contribution in [0.2, 0.25) is 0 Å². The molecule has 0 atom stereocenters. The molecule has 0 unspecified atom stereocenters. The fraction of sp³-hybridized carbons (Fsp3) is 0.524. The number of carbonyl (C=O) groups is 2. The van der Waals surface area contributed by atoms with Crippen molar-refractivity contribution in [2.75, 3.05) is 46.4 Å². The smallest absolute Gasteiger partial charge is 0.277 e. The molecule has 2 amide bonds. The van der Waals surface area contributed by atoms with Crippen LogP contribution in [0.4, 0.5) is 0 Å². The van der Waals surface area contributed by atoms with Crippen LogP contribution in [-0.2, 0) is 9.59 Å². The summed E-state index contributed by atoms with van der Waals surface area (Å²) in [5, 5.41) is 0. The lowest BCUT2D eigenvalue weighted by Crippen LogP contribution is -2.47. The van der Waals surface area contributed by atoms with E-state index in [0.29, 0.717) is 29.1 Å². The second kappa shape index (κ2) is 8.13. The molecule has 0 aliphatic carbocycles. The topological polar surface area (TPSA) is 53.1 Å². The Bertz CT molecular complexity index is 749. The van der Waals surface area contributed by atoms with Gasteiger partial charge >= 0.3 is 0 Å². The molecular weight excluding hydrogens is 342 g/mol. The van der Waals surface area contributed by atoms with Crippen LogP contribution in [-0.4, -0.2) is 72.9 Å². The van der Waals surface area contributed by atoms with Gasteiger partial charge in [-0.15, -0.1) is 0 Å². The second-order valence-electron chi connectivity index (χ2n) is 7.46. The molecule has 0 N–H and O–H groups in total. The first-order valence-corrected chi connectivity index (χ1v) is 9.69. The van der Waals surface area contributed by atoms with E-state index in [2.05, 4.69) is 16.7 Å². The van der Waals surface area contributed by atoms with Crippen LogP contribution in [0.5, 0.6) is 5.75 Å². The Kier molecular flexibility index (Phi) is 5.85. The number of benzene rings is 1. The molecule has 6 heteroatoms. The van der Waals surface area contributed by atoms with Crippen molar-refractivity contribution in [1.82, 2.24) is 14.7 Å². The minimum Gasteiger partial charge on any atom is -0.496 e. The highest BCUT2D eigenvalue weighted by Gasteiger charge is 2.42. The number of amides is 2. The lowest BCUT2D eigenvalue weighted by Gasteiger charge is -2.36. The number of hydrogen-bond acceptors (Lipinski definition) is 5. The average Bonchev–Trinajstić information content (AvgIpc) is 2.92. The Morgan fingerprint density at radius 2 is 1.70 bits per heavy atom. The molecule has 0 spiro atoms. The fourth-order valence-corrected chi connectivity index (χ4v) is 3.77. The Labute approximate surface area is 161 Å². The molecule has 2 aliphatic heterocycles. The van der Waals surface area contributed by atoms with Crippen molar-refractivity contribution in [2.45, 2.75) is 20.8 Å². The van der Waals surface area contributed by atoms with E-state index >= 15 is 0 Å². The molecule has 0 bridgehead atoms. The van der Waals surface area contributed by atoms with Crippen LogP contribution in [0, 0.1) is 5.92 Å². The van der Waals surface area contributed by atoms with Crippen molar-refractivity contribution >= 4 is 17.4 Å². The summed E-state index contributed by atoms with van der Waals surface area (Å²) >= 11 is 0. The Morgan fingerprint density at radius 3 is 2.30 bits per heavy atom. The summed E-state index contributed by atoms with van der Waals surface area (Å²) < 4.78 is 5.48. The van der Waals surface area contributed by atoms with Crippen molar-refractivity contribution in [1.29, 1.82) is 0 Å². The first-order chi connectivity index (χ1) is 13.0. The fourth-order valence-electron chi connectivity index (χ4n) is 3.77. The zero-order valence-corrected chi connectivity index (χ0v) is 16.7. The number of ether oxygens (including phenoxy) is 1. The van der Waals surface area contributed by atoms with E-state index in [9.17, 15) is 9.59 Å². The van der Waals surface area contributed by atoms with Gasteiger partial charge < -0.3 is 14.5 Å². The van der Waals surface area contributed by atoms with Gasteiger partial charge in [0, 0.05) is 38.3 Å². The van der Waals surface area contributed by atoms with E-state index in [-0.39, 0.29) is 17.7 Å². The maximum absolute atomic E-state index is 13.2. The first-order valence-electron chi connectivity index (χ1n) is 9.69. The van der Waals surface area contributed by atoms with Crippen LogP contribution < -0.4 is 4.74 Å². The molecule has 146 valence electrons. The standard InChI is InChI=1S/C21H29N3O3/c1-5-22-10-12-23(13-11-22)19-18(16-8-6-7-9-17(16)27-4)20(25)24(21(19)26)14-15(2)3/h6-9,15H,5,10-14H2,1-4H3. The highest BCUT2D eigenvalue weighted by Crippen LogP contribution is 2.36. The van der Waals surface area contributed by atoms with Crippen molar-refractivity contribution in [3.8, 4) is 5.75 Å². The maximum Gasteiger partial charge on any atom is 0.277 e. The van der Waals surface area contributed by atoms with Crippen LogP contribution in [0.25, 0.3) is 5.57 Å². The number of hydrogen-bond donors (Lipinski definition) is 0. The minimum atomic E-state index is -0.217. The largest absolute Gasteiger partial charge is 0.496 e. The maximum atomic E-state index is 13.2. The van der Waals surface area contributed by atoms with E-state index in [1.54, 1.807) is 7.11 Å². The van der Waals surface area contributed by atoms with Gasteiger partial charge in [-0.2, -0.15) is 0 Å². The van der Waals surface area contributed by atoms with Gasteiger partial charge in [-0.25, -0.2) is 0 Å². The minimum absolute atomic E-state index is 0.181. The van der Waals surface area contributed by atoms with Gasteiger partial charge in [0.15, 0.2) is 0 Å². The molecule has 27 heavy (non-hydrogen) atoms. The molecule has 1 aromatic carbocycles. The third-order valence-electron chi connectivity index (χ3n) is 5.20. The van der Waals surface area contributed by atoms with Crippen molar-refractivity contribution in [3.63, 3.8) is 0 Å². The zero-order valence-electron chi connectivity index (χ0n) is 16.7. The number of methoxy groups -OCH3 is 1. The molecule has 0 saturated carbocycles. The number of imide groups is 1. The average molecular weight is 371 g/mol. The Hall–Kier alpha value is -2.34. The third kappa shape index (κ3) is 3.72. The molecule has 2 heterocycles. The summed E-state index contributed by atoms with van der Waals surface area (Å²) in [5.74, 6) is 0.434. The molecule has 1 fully saturated rings. The van der Waals surface area contributed by atoms with Gasteiger partial charge in [-0.3, -0.25) is 14.5 Å². The van der Waals surface area contributed by atoms with E-state index < -0.39 is 0 Å². The predicted molar refractivity (Wildman–Crippen MR) is 105 cm³/mol. The van der Waals surface area contributed by atoms with Crippen LogP contribution in [0.1, 0.15) is 26.3 Å². The second-order valence-corrected chi connectivity index (χ2v) is 7.46. The van der Waals surface area contributed by atoms with Crippen LogP contribution in [0.15, 0.2) is 30.0 Å². The SMILES string of the molecule is CCN1CCN(C2=C(c3ccccc3OC)C(=O)N(CC(C)C)C2=O)CC1. The van der Waals surface area contributed by atoms with Crippen molar-refractivity contribution in [2.24, 2.45) is 5.92 Å². The molecule has 0 aromatic heterocycles. The summed E-state index contributed by atoms with van der Waals surface area (Å²) in [4.78, 5) is 32.3. The Balaban J connectivity index is 2.05. The van der Waals surface area contributed by atoms with E-state index in [0.717, 1.165) is 32.7 Å². The summed E-state index contributed by atoms with van der Waals surface area (Å²) in [5.41, 5.74) is 1.70. The van der Waals surface area contributed by atoms with Gasteiger partial charge in [0.25, 0.3) is 11.8 Å². The molecule has 1 aromatic rings. The highest BCUT2D eigenvalue weighted by atomic mass is 16.5. The van der Waals surface area contributed by atoms with E-state index in [4.69, 9.17) is 4.74 Å². The van der Waals surface area contributed by atoms with Gasteiger partial charge in [0.1, 0.15) is 11.4 Å². The summed E-state index contributed by atoms with van der Waals surface area (Å²) in [6.45, 7) is 10.9. The first kappa shape index (κ1) is 19.4. The van der Waals surface area contributed by atoms with Crippen LogP contribution in [0.3, 0.4) is 0 Å². The monoisotopic (exact) mass is 371 g/mol. The lowest BCUT2D eigenvalue weighted by molar-refractivity contribution is -0.138. The van der Waals surface area contributed by atoms with Crippen molar-refractivity contribution < 1.29 is 14.3 Å². The summed E-state index contributed by atoms with van der Waals surface area (Å²) in [6, 6.07) is 7.44. The number of para-hydroxylation sites is 1. The molecule has 0 radical (unpaired) electrons. The van der Waals surface area contributed by atoms with Crippen molar-refractivity contribution in [3.05, 3.63) is 35.5 Å². The van der Waals surface area contributed by atoms with E-state index in [1.165, 1.54) is 4.90 Å². The van der Waals surface area contributed by atoms with Gasteiger partial charge in [0.2, 0.25) is 0 Å². The third-order valence-corrected chi connectivity index (χ3v) is 5.20. The molecular formula is C21H29N3O3. The molecule has 1 saturated heterocycles. The predicted octanol–water partition coefficient (Wildman–Crippen LogP) is 2.07.